The van der Waals surface area contributed by atoms with Crippen molar-refractivity contribution in [2.45, 2.75) is 19.4 Å². The summed E-state index contributed by atoms with van der Waals surface area (Å²) in [4.78, 5) is 11.7. The number of benzene rings is 1. The average Bonchev–Trinajstić information content (AvgIpc) is 2.28. The zero-order chi connectivity index (χ0) is 13.7. The quantitative estimate of drug-likeness (QED) is 0.746. The minimum Gasteiger partial charge on any atom is -0.496 e. The molecule has 0 aliphatic rings. The number of carbonyl (C=O) groups excluding carboxylic acids is 1. The van der Waals surface area contributed by atoms with Gasteiger partial charge in [0.25, 0.3) is 5.91 Å². The normalized spacial score (nSPS) is 12.3. The molecule has 18 heavy (non-hydrogen) atoms. The lowest BCUT2D eigenvalue weighted by atomic mass is 10.0. The van der Waals surface area contributed by atoms with Crippen molar-refractivity contribution in [3.8, 4) is 5.75 Å². The predicted octanol–water partition coefficient (Wildman–Crippen LogP) is 0.466. The fourth-order valence-electron chi connectivity index (χ4n) is 1.72. The first-order chi connectivity index (χ1) is 8.43. The van der Waals surface area contributed by atoms with Crippen molar-refractivity contribution in [2.24, 2.45) is 5.73 Å². The van der Waals surface area contributed by atoms with Gasteiger partial charge in [-0.3, -0.25) is 10.2 Å². The van der Waals surface area contributed by atoms with Crippen LogP contribution in [-0.2, 0) is 11.2 Å². The molecule has 5 nitrogen and oxygen atoms in total. The summed E-state index contributed by atoms with van der Waals surface area (Å²) in [6.45, 7) is 1.97. The van der Waals surface area contributed by atoms with Crippen LogP contribution in [0, 0.1) is 6.92 Å². The molecule has 5 heteroatoms. The maximum Gasteiger partial charge on any atom is 0.251 e. The highest BCUT2D eigenvalue weighted by atomic mass is 16.5. The van der Waals surface area contributed by atoms with Crippen molar-refractivity contribution in [1.82, 2.24) is 10.4 Å². The van der Waals surface area contributed by atoms with E-state index in [1.807, 2.05) is 25.1 Å². The van der Waals surface area contributed by atoms with Gasteiger partial charge in [0, 0.05) is 14.1 Å². The summed E-state index contributed by atoms with van der Waals surface area (Å²) in [6, 6.07) is 5.25. The number of amides is 1. The molecule has 0 fully saturated rings. The third-order valence-corrected chi connectivity index (χ3v) is 2.59. The summed E-state index contributed by atoms with van der Waals surface area (Å²) in [5.74, 6) is 0.651. The molecule has 1 aromatic rings. The summed E-state index contributed by atoms with van der Waals surface area (Å²) in [5, 5.41) is 1.58. The fraction of sp³-hybridized carbons (Fsp3) is 0.462. The molecule has 1 aromatic carbocycles. The van der Waals surface area contributed by atoms with Gasteiger partial charge in [0.05, 0.1) is 13.2 Å². The van der Waals surface area contributed by atoms with Crippen molar-refractivity contribution in [1.29, 1.82) is 0 Å². The minimum atomic E-state index is -0.555. The van der Waals surface area contributed by atoms with Crippen LogP contribution in [-0.4, -0.2) is 38.2 Å². The van der Waals surface area contributed by atoms with Gasteiger partial charge in [0.1, 0.15) is 5.75 Å². The molecule has 1 atom stereocenters. The molecule has 100 valence electrons. The number of nitrogens with one attached hydrogen (secondary N) is 1. The van der Waals surface area contributed by atoms with E-state index in [1.54, 1.807) is 26.2 Å². The van der Waals surface area contributed by atoms with Crippen LogP contribution in [0.25, 0.3) is 0 Å². The number of carbonyl (C=O) groups is 1. The second-order valence-electron chi connectivity index (χ2n) is 4.49. The van der Waals surface area contributed by atoms with Gasteiger partial charge in [0.15, 0.2) is 0 Å². The lowest BCUT2D eigenvalue weighted by molar-refractivity contribution is -0.126. The van der Waals surface area contributed by atoms with Crippen molar-refractivity contribution in [3.05, 3.63) is 29.3 Å². The Hall–Kier alpha value is -1.59. The van der Waals surface area contributed by atoms with Gasteiger partial charge in [-0.1, -0.05) is 12.1 Å². The minimum absolute atomic E-state index is 0.187. The number of aryl methyl sites for hydroxylation is 1. The first-order valence-electron chi connectivity index (χ1n) is 5.81. The zero-order valence-electron chi connectivity index (χ0n) is 11.4. The van der Waals surface area contributed by atoms with Gasteiger partial charge in [-0.05, 0) is 30.5 Å². The van der Waals surface area contributed by atoms with Gasteiger partial charge in [0.2, 0.25) is 0 Å². The van der Waals surface area contributed by atoms with Crippen molar-refractivity contribution >= 4 is 5.91 Å². The van der Waals surface area contributed by atoms with Crippen molar-refractivity contribution in [2.75, 3.05) is 21.2 Å². The van der Waals surface area contributed by atoms with Gasteiger partial charge in [-0.25, -0.2) is 5.01 Å². The number of hydrogen-bond donors (Lipinski definition) is 2. The molecule has 0 saturated carbocycles. The third kappa shape index (κ3) is 4.01. The Labute approximate surface area is 108 Å². The summed E-state index contributed by atoms with van der Waals surface area (Å²) in [5.41, 5.74) is 10.6. The van der Waals surface area contributed by atoms with Crippen LogP contribution < -0.4 is 15.9 Å². The maximum absolute atomic E-state index is 11.7. The number of nitrogens with zero attached hydrogens (tertiary/aromatic N) is 1. The zero-order valence-corrected chi connectivity index (χ0v) is 11.4. The lowest BCUT2D eigenvalue weighted by Gasteiger charge is -2.17. The maximum atomic E-state index is 11.7. The molecule has 0 heterocycles. The predicted molar refractivity (Wildman–Crippen MR) is 71.2 cm³/mol. The fourth-order valence-corrected chi connectivity index (χ4v) is 1.72. The highest BCUT2D eigenvalue weighted by Gasteiger charge is 2.14. The van der Waals surface area contributed by atoms with E-state index < -0.39 is 6.04 Å². The number of rotatable bonds is 5. The SMILES string of the molecule is COc1ccc(CC(N)C(=O)NN(C)C)cc1C. The second-order valence-corrected chi connectivity index (χ2v) is 4.49. The molecule has 3 N–H and O–H groups in total. The standard InChI is InChI=1S/C13H21N3O2/c1-9-7-10(5-6-12(9)18-4)8-11(14)13(17)15-16(2)3/h5-7,11H,8,14H2,1-4H3,(H,15,17). The van der Waals surface area contributed by atoms with Crippen LogP contribution in [0.1, 0.15) is 11.1 Å². The van der Waals surface area contributed by atoms with E-state index in [-0.39, 0.29) is 5.91 Å². The largest absolute Gasteiger partial charge is 0.496 e. The smallest absolute Gasteiger partial charge is 0.251 e. The Morgan fingerprint density at radius 1 is 1.50 bits per heavy atom. The number of methoxy groups -OCH3 is 1. The number of ether oxygens (including phenoxy) is 1. The summed E-state index contributed by atoms with van der Waals surface area (Å²) < 4.78 is 5.19. The summed E-state index contributed by atoms with van der Waals surface area (Å²) in [7, 11) is 5.14. The van der Waals surface area contributed by atoms with Crippen LogP contribution in [0.5, 0.6) is 5.75 Å². The Kier molecular flexibility index (Phi) is 5.12. The molecule has 0 spiro atoms. The van der Waals surface area contributed by atoms with Crippen LogP contribution in [0.4, 0.5) is 0 Å². The third-order valence-electron chi connectivity index (χ3n) is 2.59. The molecule has 0 radical (unpaired) electrons. The van der Waals surface area contributed by atoms with Crippen LogP contribution in [0.2, 0.25) is 0 Å². The molecule has 0 aromatic heterocycles. The Balaban J connectivity index is 2.67. The highest BCUT2D eigenvalue weighted by Crippen LogP contribution is 2.19. The monoisotopic (exact) mass is 251 g/mol. The molecular formula is C13H21N3O2. The average molecular weight is 251 g/mol. The molecule has 0 aliphatic carbocycles. The second kappa shape index (κ2) is 6.37. The van der Waals surface area contributed by atoms with Crippen molar-refractivity contribution < 1.29 is 9.53 Å². The van der Waals surface area contributed by atoms with E-state index in [4.69, 9.17) is 10.5 Å². The lowest BCUT2D eigenvalue weighted by Crippen LogP contribution is -2.47. The van der Waals surface area contributed by atoms with Gasteiger partial charge >= 0.3 is 0 Å². The number of nitrogens with two attached hydrogens (primary N) is 1. The molecule has 1 rings (SSSR count). The Morgan fingerprint density at radius 2 is 2.17 bits per heavy atom. The molecule has 1 amide bonds. The van der Waals surface area contributed by atoms with Crippen LogP contribution >= 0.6 is 0 Å². The first-order valence-corrected chi connectivity index (χ1v) is 5.81. The molecule has 1 unspecified atom stereocenters. The molecule has 0 aliphatic heterocycles. The first kappa shape index (κ1) is 14.5. The molecule has 0 bridgehead atoms. The Bertz CT molecular complexity index is 419. The van der Waals surface area contributed by atoms with E-state index in [1.165, 1.54) is 0 Å². The van der Waals surface area contributed by atoms with E-state index >= 15 is 0 Å². The van der Waals surface area contributed by atoms with Crippen LogP contribution in [0.15, 0.2) is 18.2 Å². The topological polar surface area (TPSA) is 67.6 Å². The van der Waals surface area contributed by atoms with E-state index in [2.05, 4.69) is 5.43 Å². The van der Waals surface area contributed by atoms with Crippen LogP contribution in [0.3, 0.4) is 0 Å². The summed E-state index contributed by atoms with van der Waals surface area (Å²) >= 11 is 0. The van der Waals surface area contributed by atoms with E-state index in [9.17, 15) is 4.79 Å². The number of hydrogen-bond acceptors (Lipinski definition) is 4. The summed E-state index contributed by atoms with van der Waals surface area (Å²) in [6.07, 6.45) is 0.504. The van der Waals surface area contributed by atoms with Gasteiger partial charge in [-0.15, -0.1) is 0 Å². The van der Waals surface area contributed by atoms with E-state index in [0.717, 1.165) is 16.9 Å². The van der Waals surface area contributed by atoms with Gasteiger partial charge in [-0.2, -0.15) is 0 Å². The molecular weight excluding hydrogens is 230 g/mol. The number of hydrazine groups is 1. The molecule has 0 saturated heterocycles. The Morgan fingerprint density at radius 3 is 2.67 bits per heavy atom. The highest BCUT2D eigenvalue weighted by molar-refractivity contribution is 5.81. The van der Waals surface area contributed by atoms with E-state index in [0.29, 0.717) is 6.42 Å². The van der Waals surface area contributed by atoms with Gasteiger partial charge < -0.3 is 10.5 Å². The van der Waals surface area contributed by atoms with Crippen molar-refractivity contribution in [3.63, 3.8) is 0 Å².